The van der Waals surface area contributed by atoms with Crippen molar-refractivity contribution < 1.29 is 28.7 Å². The van der Waals surface area contributed by atoms with Gasteiger partial charge in [-0.05, 0) is 62.8 Å². The molecule has 1 aromatic carbocycles. The Morgan fingerprint density at radius 2 is 1.67 bits per heavy atom. The van der Waals surface area contributed by atoms with Gasteiger partial charge in [-0.2, -0.15) is 5.06 Å². The average Bonchev–Trinajstić information content (AvgIpc) is 2.92. The van der Waals surface area contributed by atoms with Crippen molar-refractivity contribution >= 4 is 17.6 Å². The fourth-order valence-electron chi connectivity index (χ4n) is 4.29. The third-order valence-corrected chi connectivity index (χ3v) is 5.98. The average molecular weight is 418 g/mol. The summed E-state index contributed by atoms with van der Waals surface area (Å²) in [5.74, 6) is -0.0380. The third kappa shape index (κ3) is 3.71. The number of carbonyl (C=O) groups excluding carboxylic acids is 2. The van der Waals surface area contributed by atoms with Crippen molar-refractivity contribution in [3.8, 4) is 0 Å². The van der Waals surface area contributed by atoms with Gasteiger partial charge in [-0.15, -0.1) is 0 Å². The predicted octanol–water partition coefficient (Wildman–Crippen LogP) is 3.30. The fourth-order valence-corrected chi connectivity index (χ4v) is 4.29. The largest absolute Gasteiger partial charge is 0.513 e. The molecule has 8 heteroatoms. The van der Waals surface area contributed by atoms with Gasteiger partial charge in [0.2, 0.25) is 0 Å². The van der Waals surface area contributed by atoms with Gasteiger partial charge in [-0.3, -0.25) is 9.63 Å². The molecule has 2 aliphatic rings. The number of hydroxylamine groups is 4. The van der Waals surface area contributed by atoms with Gasteiger partial charge in [-0.1, -0.05) is 12.1 Å². The van der Waals surface area contributed by atoms with Crippen molar-refractivity contribution in [2.75, 3.05) is 33.9 Å². The molecular weight excluding hydrogens is 388 g/mol. The van der Waals surface area contributed by atoms with Gasteiger partial charge < -0.3 is 14.3 Å². The summed E-state index contributed by atoms with van der Waals surface area (Å²) >= 11 is 0. The first-order valence-electron chi connectivity index (χ1n) is 10.1. The van der Waals surface area contributed by atoms with Gasteiger partial charge in [0.05, 0.1) is 26.4 Å². The van der Waals surface area contributed by atoms with Crippen LogP contribution < -0.4 is 0 Å². The van der Waals surface area contributed by atoms with Crippen LogP contribution in [0.4, 0.5) is 4.79 Å². The van der Waals surface area contributed by atoms with Crippen LogP contribution >= 0.6 is 0 Å². The minimum atomic E-state index is -0.909. The van der Waals surface area contributed by atoms with E-state index in [-0.39, 0.29) is 18.3 Å². The highest BCUT2D eigenvalue weighted by atomic mass is 16.7. The number of aryl methyl sites for hydroxylation is 3. The van der Waals surface area contributed by atoms with Crippen LogP contribution in [0, 0.1) is 20.8 Å². The summed E-state index contributed by atoms with van der Waals surface area (Å²) < 4.78 is 10.8. The van der Waals surface area contributed by atoms with Crippen LogP contribution in [0.5, 0.6) is 0 Å². The molecule has 0 aromatic heterocycles. The maximum atomic E-state index is 13.5. The molecule has 3 rings (SSSR count). The first-order valence-corrected chi connectivity index (χ1v) is 10.1. The lowest BCUT2D eigenvalue weighted by Gasteiger charge is -2.42. The van der Waals surface area contributed by atoms with E-state index in [1.54, 1.807) is 14.0 Å². The SMILES string of the molecule is CCOC(=O)OC1=C(c2cc(C)c(C)cc2C)C(=O)N(OC)C12CCN(OC)CC2. The van der Waals surface area contributed by atoms with Gasteiger partial charge in [-0.25, -0.2) is 9.86 Å². The number of ether oxygens (including phenoxy) is 2. The Bertz CT molecular complexity index is 871. The van der Waals surface area contributed by atoms with Crippen molar-refractivity contribution in [2.45, 2.75) is 46.1 Å². The number of amides is 1. The summed E-state index contributed by atoms with van der Waals surface area (Å²) in [6, 6.07) is 3.99. The molecule has 8 nitrogen and oxygen atoms in total. The Morgan fingerprint density at radius 3 is 2.23 bits per heavy atom. The maximum absolute atomic E-state index is 13.5. The second kappa shape index (κ2) is 8.75. The molecule has 1 aromatic rings. The van der Waals surface area contributed by atoms with E-state index in [2.05, 4.69) is 0 Å². The van der Waals surface area contributed by atoms with Gasteiger partial charge in [0.25, 0.3) is 5.91 Å². The molecular formula is C22H30N2O6. The Balaban J connectivity index is 2.19. The van der Waals surface area contributed by atoms with Crippen LogP contribution in [0.1, 0.15) is 42.0 Å². The van der Waals surface area contributed by atoms with Gasteiger partial charge in [0, 0.05) is 13.1 Å². The van der Waals surface area contributed by atoms with E-state index in [1.165, 1.54) is 12.2 Å². The zero-order chi connectivity index (χ0) is 22.1. The molecule has 0 bridgehead atoms. The van der Waals surface area contributed by atoms with Crippen LogP contribution in [-0.2, 0) is 23.9 Å². The first-order chi connectivity index (χ1) is 14.3. The number of piperidine rings is 1. The van der Waals surface area contributed by atoms with Gasteiger partial charge in [0.15, 0.2) is 5.76 Å². The molecule has 1 fully saturated rings. The maximum Gasteiger partial charge on any atom is 0.513 e. The number of hydrogen-bond acceptors (Lipinski definition) is 7. The highest BCUT2D eigenvalue weighted by Gasteiger charge is 2.56. The van der Waals surface area contributed by atoms with Crippen molar-refractivity contribution in [1.82, 2.24) is 10.1 Å². The van der Waals surface area contributed by atoms with E-state index in [0.717, 1.165) is 22.3 Å². The van der Waals surface area contributed by atoms with Crippen LogP contribution in [0.2, 0.25) is 0 Å². The Hall–Kier alpha value is -2.42. The molecule has 2 heterocycles. The van der Waals surface area contributed by atoms with Crippen LogP contribution in [-0.4, -0.2) is 61.6 Å². The normalized spacial score (nSPS) is 19.0. The molecule has 0 aliphatic carbocycles. The summed E-state index contributed by atoms with van der Waals surface area (Å²) in [6.07, 6.45) is 0.149. The molecule has 2 aliphatic heterocycles. The molecule has 164 valence electrons. The zero-order valence-corrected chi connectivity index (χ0v) is 18.5. The van der Waals surface area contributed by atoms with E-state index >= 15 is 0 Å². The molecule has 1 amide bonds. The predicted molar refractivity (Wildman–Crippen MR) is 110 cm³/mol. The lowest BCUT2D eigenvalue weighted by molar-refractivity contribution is -0.221. The molecule has 30 heavy (non-hydrogen) atoms. The Labute approximate surface area is 177 Å². The molecule has 0 atom stereocenters. The Morgan fingerprint density at radius 1 is 1.03 bits per heavy atom. The second-order valence-electron chi connectivity index (χ2n) is 7.67. The lowest BCUT2D eigenvalue weighted by atomic mass is 9.85. The second-order valence-corrected chi connectivity index (χ2v) is 7.67. The van der Waals surface area contributed by atoms with Crippen LogP contribution in [0.25, 0.3) is 5.57 Å². The van der Waals surface area contributed by atoms with E-state index in [0.29, 0.717) is 31.5 Å². The summed E-state index contributed by atoms with van der Waals surface area (Å²) in [5.41, 5.74) is 3.27. The highest BCUT2D eigenvalue weighted by molar-refractivity contribution is 6.23. The standard InChI is InChI=1S/C22H30N2O6/c1-7-29-21(26)30-19-18(17-13-15(3)14(2)12-16(17)4)20(25)24(28-6)22(19)8-10-23(27-5)11-9-22/h12-13H,7-11H2,1-6H3. The smallest absolute Gasteiger partial charge is 0.434 e. The number of benzene rings is 1. The van der Waals surface area contributed by atoms with Gasteiger partial charge in [0.1, 0.15) is 5.54 Å². The molecule has 0 N–H and O–H groups in total. The third-order valence-electron chi connectivity index (χ3n) is 5.98. The highest BCUT2D eigenvalue weighted by Crippen LogP contribution is 2.47. The minimum Gasteiger partial charge on any atom is -0.434 e. The monoisotopic (exact) mass is 418 g/mol. The number of hydrogen-bond donors (Lipinski definition) is 0. The van der Waals surface area contributed by atoms with Crippen molar-refractivity contribution in [3.05, 3.63) is 40.1 Å². The van der Waals surface area contributed by atoms with Crippen molar-refractivity contribution in [1.29, 1.82) is 0 Å². The van der Waals surface area contributed by atoms with Crippen LogP contribution in [0.15, 0.2) is 17.9 Å². The lowest BCUT2D eigenvalue weighted by Crippen LogP contribution is -2.55. The van der Waals surface area contributed by atoms with E-state index in [4.69, 9.17) is 19.1 Å². The van der Waals surface area contributed by atoms with E-state index < -0.39 is 11.7 Å². The van der Waals surface area contributed by atoms with Gasteiger partial charge >= 0.3 is 6.16 Å². The minimum absolute atomic E-state index is 0.177. The van der Waals surface area contributed by atoms with Crippen molar-refractivity contribution in [2.24, 2.45) is 0 Å². The number of nitrogens with zero attached hydrogens (tertiary/aromatic N) is 2. The molecule has 1 saturated heterocycles. The number of carbonyl (C=O) groups is 2. The summed E-state index contributed by atoms with van der Waals surface area (Å²) in [4.78, 5) is 36.8. The molecule has 1 spiro atoms. The number of rotatable bonds is 5. The quantitative estimate of drug-likeness (QED) is 0.679. The molecule has 0 unspecified atom stereocenters. The van der Waals surface area contributed by atoms with E-state index in [9.17, 15) is 9.59 Å². The van der Waals surface area contributed by atoms with E-state index in [1.807, 2.05) is 38.0 Å². The Kier molecular flexibility index (Phi) is 6.50. The molecule has 0 saturated carbocycles. The summed E-state index contributed by atoms with van der Waals surface area (Å²) in [6.45, 7) is 8.95. The first kappa shape index (κ1) is 22.3. The summed E-state index contributed by atoms with van der Waals surface area (Å²) in [5, 5.41) is 3.16. The summed E-state index contributed by atoms with van der Waals surface area (Å²) in [7, 11) is 3.07. The zero-order valence-electron chi connectivity index (χ0n) is 18.5. The van der Waals surface area contributed by atoms with Crippen LogP contribution in [0.3, 0.4) is 0 Å². The topological polar surface area (TPSA) is 77.5 Å². The molecule has 0 radical (unpaired) electrons. The van der Waals surface area contributed by atoms with Crippen molar-refractivity contribution in [3.63, 3.8) is 0 Å². The fraction of sp³-hybridized carbons (Fsp3) is 0.545.